The Morgan fingerprint density at radius 3 is 2.62 bits per heavy atom. The van der Waals surface area contributed by atoms with Gasteiger partial charge in [0.25, 0.3) is 0 Å². The second kappa shape index (κ2) is 11.8. The van der Waals surface area contributed by atoms with E-state index in [-0.39, 0.29) is 18.8 Å². The average molecular weight is 405 g/mol. The third kappa shape index (κ3) is 6.70. The largest absolute Gasteiger partial charge is 0.469 e. The Morgan fingerprint density at radius 2 is 1.90 bits per heavy atom. The van der Waals surface area contributed by atoms with E-state index in [1.165, 1.54) is 13.2 Å². The first-order valence-electron chi connectivity index (χ1n) is 10.3. The summed E-state index contributed by atoms with van der Waals surface area (Å²) in [5.74, 6) is 0.139. The molecule has 1 aromatic carbocycles. The summed E-state index contributed by atoms with van der Waals surface area (Å²) in [6, 6.07) is 7.50. The van der Waals surface area contributed by atoms with Crippen LogP contribution in [-0.4, -0.2) is 40.6 Å². The first-order valence-corrected chi connectivity index (χ1v) is 10.3. The third-order valence-corrected chi connectivity index (χ3v) is 5.01. The second-order valence-electron chi connectivity index (χ2n) is 7.27. The van der Waals surface area contributed by atoms with E-state index in [2.05, 4.69) is 11.7 Å². The molecule has 2 rings (SSSR count). The van der Waals surface area contributed by atoms with E-state index in [1.54, 1.807) is 6.08 Å². The van der Waals surface area contributed by atoms with Crippen LogP contribution < -0.4 is 0 Å². The van der Waals surface area contributed by atoms with Gasteiger partial charge in [0.1, 0.15) is 17.4 Å². The number of hydrogen-bond acceptors (Lipinski definition) is 6. The second-order valence-corrected chi connectivity index (χ2v) is 7.27. The van der Waals surface area contributed by atoms with Gasteiger partial charge in [0.05, 0.1) is 19.3 Å². The van der Waals surface area contributed by atoms with Gasteiger partial charge in [0.2, 0.25) is 0 Å². The van der Waals surface area contributed by atoms with E-state index < -0.39 is 18.3 Å². The van der Waals surface area contributed by atoms with Gasteiger partial charge in [-0.3, -0.25) is 4.79 Å². The number of aliphatic hydroxyl groups excluding tert-OH is 3. The van der Waals surface area contributed by atoms with Gasteiger partial charge < -0.3 is 24.5 Å². The number of hydrogen-bond donors (Lipinski definition) is 3. The van der Waals surface area contributed by atoms with Crippen molar-refractivity contribution in [3.05, 3.63) is 41.7 Å². The highest BCUT2D eigenvalue weighted by Gasteiger charge is 2.20. The summed E-state index contributed by atoms with van der Waals surface area (Å²) < 4.78 is 10.5. The maximum atomic E-state index is 11.1. The number of aliphatic hydroxyl groups is 3. The quantitative estimate of drug-likeness (QED) is 0.363. The van der Waals surface area contributed by atoms with Gasteiger partial charge in [-0.2, -0.15) is 0 Å². The number of rotatable bonds is 12. The van der Waals surface area contributed by atoms with E-state index in [1.807, 2.05) is 24.3 Å². The molecule has 3 unspecified atom stereocenters. The zero-order valence-electron chi connectivity index (χ0n) is 17.2. The number of carbonyl (C=O) groups is 1. The summed E-state index contributed by atoms with van der Waals surface area (Å²) in [5, 5.41) is 31.9. The molecule has 1 heterocycles. The van der Waals surface area contributed by atoms with Crippen molar-refractivity contribution >= 4 is 23.0 Å². The standard InChI is InChI=1S/C23H32O6/c1-3-4-5-10-20(26)23-17(16-9-6-7-12-21(16)29-23)14-15-19(25)18(24)11-8-13-22(27)28-2/h6-7,9,12,14-15,18-20,24-26H,3-5,8,10-11,13H2,1-2H3/b15-14+. The van der Waals surface area contributed by atoms with Gasteiger partial charge >= 0.3 is 5.97 Å². The summed E-state index contributed by atoms with van der Waals surface area (Å²) in [5.41, 5.74) is 1.38. The number of esters is 1. The molecule has 1 aromatic heterocycles. The average Bonchev–Trinajstić information content (AvgIpc) is 3.10. The molecule has 0 fully saturated rings. The van der Waals surface area contributed by atoms with Gasteiger partial charge in [-0.1, -0.05) is 56.5 Å². The van der Waals surface area contributed by atoms with Crippen LogP contribution in [0.25, 0.3) is 17.0 Å². The molecule has 0 aliphatic rings. The maximum Gasteiger partial charge on any atom is 0.305 e. The topological polar surface area (TPSA) is 100 Å². The van der Waals surface area contributed by atoms with Crippen molar-refractivity contribution in [2.24, 2.45) is 0 Å². The van der Waals surface area contributed by atoms with Gasteiger partial charge in [-0.15, -0.1) is 0 Å². The van der Waals surface area contributed by atoms with E-state index in [0.717, 1.165) is 24.6 Å². The molecule has 0 aliphatic carbocycles. The Bertz CT molecular complexity index is 794. The predicted octanol–water partition coefficient (Wildman–Crippen LogP) is 4.12. The minimum absolute atomic E-state index is 0.199. The molecule has 0 spiro atoms. The van der Waals surface area contributed by atoms with Gasteiger partial charge in [-0.25, -0.2) is 0 Å². The lowest BCUT2D eigenvalue weighted by molar-refractivity contribution is -0.140. The number of furan rings is 1. The molecule has 0 radical (unpaired) electrons. The van der Waals surface area contributed by atoms with Crippen molar-refractivity contribution < 1.29 is 29.3 Å². The number of carbonyl (C=O) groups excluding carboxylic acids is 1. The van der Waals surface area contributed by atoms with Crippen LogP contribution in [0.4, 0.5) is 0 Å². The molecule has 0 bridgehead atoms. The lowest BCUT2D eigenvalue weighted by atomic mass is 10.0. The molecule has 0 saturated heterocycles. The highest BCUT2D eigenvalue weighted by molar-refractivity contribution is 5.88. The monoisotopic (exact) mass is 404 g/mol. The summed E-state index contributed by atoms with van der Waals surface area (Å²) in [7, 11) is 1.32. The number of ether oxygens (including phenoxy) is 1. The maximum absolute atomic E-state index is 11.1. The zero-order valence-corrected chi connectivity index (χ0v) is 17.2. The number of fused-ring (bicyclic) bond motifs is 1. The van der Waals surface area contributed by atoms with E-state index in [4.69, 9.17) is 4.42 Å². The lowest BCUT2D eigenvalue weighted by Gasteiger charge is -2.14. The summed E-state index contributed by atoms with van der Waals surface area (Å²) in [6.45, 7) is 2.11. The molecule has 3 atom stereocenters. The van der Waals surface area contributed by atoms with E-state index in [0.29, 0.717) is 29.7 Å². The van der Waals surface area contributed by atoms with Crippen molar-refractivity contribution in [2.75, 3.05) is 7.11 Å². The molecule has 0 amide bonds. The summed E-state index contributed by atoms with van der Waals surface area (Å²) in [4.78, 5) is 11.1. The van der Waals surface area contributed by atoms with Crippen molar-refractivity contribution in [3.8, 4) is 0 Å². The molecular formula is C23H32O6. The highest BCUT2D eigenvalue weighted by atomic mass is 16.5. The fourth-order valence-corrected chi connectivity index (χ4v) is 3.27. The Balaban J connectivity index is 2.12. The fourth-order valence-electron chi connectivity index (χ4n) is 3.27. The number of para-hydroxylation sites is 1. The van der Waals surface area contributed by atoms with Crippen LogP contribution in [-0.2, 0) is 9.53 Å². The van der Waals surface area contributed by atoms with Crippen LogP contribution in [0, 0.1) is 0 Å². The van der Waals surface area contributed by atoms with E-state index >= 15 is 0 Å². The van der Waals surface area contributed by atoms with Gasteiger partial charge in [-0.05, 0) is 25.3 Å². The minimum atomic E-state index is -1.09. The van der Waals surface area contributed by atoms with Crippen LogP contribution in [0.3, 0.4) is 0 Å². The van der Waals surface area contributed by atoms with Gasteiger partial charge in [0, 0.05) is 17.4 Å². The van der Waals surface area contributed by atoms with Crippen molar-refractivity contribution in [2.45, 2.75) is 70.2 Å². The SMILES string of the molecule is CCCCCC(O)c1oc2ccccc2c1/C=C/C(O)C(O)CCCC(=O)OC. The molecule has 29 heavy (non-hydrogen) atoms. The summed E-state index contributed by atoms with van der Waals surface area (Å²) >= 11 is 0. The fraction of sp³-hybridized carbons (Fsp3) is 0.522. The molecule has 160 valence electrons. The van der Waals surface area contributed by atoms with Crippen LogP contribution >= 0.6 is 0 Å². The normalized spacial score (nSPS) is 14.9. The first-order chi connectivity index (χ1) is 14.0. The molecule has 6 nitrogen and oxygen atoms in total. The number of benzene rings is 1. The van der Waals surface area contributed by atoms with Crippen LogP contribution in [0.15, 0.2) is 34.8 Å². The molecule has 2 aromatic rings. The van der Waals surface area contributed by atoms with Crippen LogP contribution in [0.5, 0.6) is 0 Å². The zero-order chi connectivity index (χ0) is 21.2. The molecule has 3 N–H and O–H groups in total. The molecule has 0 saturated carbocycles. The van der Waals surface area contributed by atoms with Crippen molar-refractivity contribution in [1.29, 1.82) is 0 Å². The Hall–Kier alpha value is -2.15. The molecule has 6 heteroatoms. The smallest absolute Gasteiger partial charge is 0.305 e. The Labute approximate surface area is 171 Å². The number of unbranched alkanes of at least 4 members (excludes halogenated alkanes) is 2. The Morgan fingerprint density at radius 1 is 1.14 bits per heavy atom. The van der Waals surface area contributed by atoms with Crippen LogP contribution in [0.1, 0.15) is 69.3 Å². The van der Waals surface area contributed by atoms with Gasteiger partial charge in [0.15, 0.2) is 0 Å². The van der Waals surface area contributed by atoms with Crippen molar-refractivity contribution in [1.82, 2.24) is 0 Å². The van der Waals surface area contributed by atoms with Crippen LogP contribution in [0.2, 0.25) is 0 Å². The summed E-state index contributed by atoms with van der Waals surface area (Å²) in [6.07, 6.45) is 4.90. The minimum Gasteiger partial charge on any atom is -0.469 e. The van der Waals surface area contributed by atoms with Crippen molar-refractivity contribution in [3.63, 3.8) is 0 Å². The number of methoxy groups -OCH3 is 1. The molecular weight excluding hydrogens is 372 g/mol. The first kappa shape index (κ1) is 23.1. The highest BCUT2D eigenvalue weighted by Crippen LogP contribution is 2.33. The lowest BCUT2D eigenvalue weighted by Crippen LogP contribution is -2.23. The van der Waals surface area contributed by atoms with E-state index in [9.17, 15) is 20.1 Å². The molecule has 0 aliphatic heterocycles. The Kier molecular flexibility index (Phi) is 9.38. The predicted molar refractivity (Wildman–Crippen MR) is 112 cm³/mol. The third-order valence-electron chi connectivity index (χ3n) is 5.01.